The normalized spacial score (nSPS) is 10.5. The van der Waals surface area contributed by atoms with Crippen LogP contribution < -0.4 is 0 Å². The van der Waals surface area contributed by atoms with Gasteiger partial charge < -0.3 is 4.74 Å². The van der Waals surface area contributed by atoms with Gasteiger partial charge >= 0.3 is 5.97 Å². The second-order valence-electron chi connectivity index (χ2n) is 5.09. The van der Waals surface area contributed by atoms with E-state index in [9.17, 15) is 9.18 Å². The molecule has 1 heterocycles. The van der Waals surface area contributed by atoms with E-state index in [4.69, 9.17) is 4.74 Å². The highest BCUT2D eigenvalue weighted by atomic mass is 19.1. The molecule has 0 saturated heterocycles. The molecule has 4 nitrogen and oxygen atoms in total. The van der Waals surface area contributed by atoms with Crippen LogP contribution in [-0.4, -0.2) is 23.3 Å². The number of aromatic nitrogens is 2. The van der Waals surface area contributed by atoms with Crippen LogP contribution in [0.3, 0.4) is 0 Å². The Labute approximate surface area is 132 Å². The van der Waals surface area contributed by atoms with E-state index in [1.165, 1.54) is 19.2 Å². The van der Waals surface area contributed by atoms with Crippen molar-refractivity contribution in [3.63, 3.8) is 0 Å². The molecule has 0 unspecified atom stereocenters. The summed E-state index contributed by atoms with van der Waals surface area (Å²) in [7, 11) is 1.33. The molecule has 0 atom stereocenters. The lowest BCUT2D eigenvalue weighted by Crippen LogP contribution is -2.06. The Kier molecular flexibility index (Phi) is 4.19. The van der Waals surface area contributed by atoms with Gasteiger partial charge in [-0.05, 0) is 29.8 Å². The quantitative estimate of drug-likeness (QED) is 0.749. The van der Waals surface area contributed by atoms with Gasteiger partial charge in [0.1, 0.15) is 17.1 Å². The molecular formula is C18H15FN2O2. The van der Waals surface area contributed by atoms with Crippen molar-refractivity contribution < 1.29 is 13.9 Å². The molecule has 0 radical (unpaired) electrons. The summed E-state index contributed by atoms with van der Waals surface area (Å²) in [6.07, 6.45) is 0.527. The van der Waals surface area contributed by atoms with Crippen molar-refractivity contribution >= 4 is 5.97 Å². The van der Waals surface area contributed by atoms with Crippen LogP contribution in [0.2, 0.25) is 0 Å². The van der Waals surface area contributed by atoms with E-state index in [2.05, 4.69) is 10.2 Å². The summed E-state index contributed by atoms with van der Waals surface area (Å²) >= 11 is 0. The molecule has 2 aromatic carbocycles. The lowest BCUT2D eigenvalue weighted by molar-refractivity contribution is 0.0600. The smallest absolute Gasteiger partial charge is 0.342 e. The zero-order valence-corrected chi connectivity index (χ0v) is 12.5. The Morgan fingerprint density at radius 3 is 2.48 bits per heavy atom. The molecule has 23 heavy (non-hydrogen) atoms. The zero-order valence-electron chi connectivity index (χ0n) is 12.5. The number of nitrogens with zero attached hydrogens (tertiary/aromatic N) is 1. The fourth-order valence-electron chi connectivity index (χ4n) is 2.44. The van der Waals surface area contributed by atoms with E-state index in [0.717, 1.165) is 5.56 Å². The van der Waals surface area contributed by atoms with Crippen LogP contribution in [0.25, 0.3) is 11.3 Å². The van der Waals surface area contributed by atoms with Crippen molar-refractivity contribution in [1.82, 2.24) is 10.2 Å². The molecular weight excluding hydrogens is 295 g/mol. The standard InChI is InChI=1S/C18H15FN2O2/c1-23-18(22)16-15(11-12-5-3-2-4-6-12)20-21-17(16)13-7-9-14(19)10-8-13/h2-10H,11H2,1H3,(H,20,21). The maximum atomic E-state index is 13.1. The van der Waals surface area contributed by atoms with E-state index in [0.29, 0.717) is 28.9 Å². The number of nitrogens with one attached hydrogen (secondary N) is 1. The average Bonchev–Trinajstić information content (AvgIpc) is 2.99. The molecule has 0 spiro atoms. The van der Waals surface area contributed by atoms with Crippen LogP contribution in [0.4, 0.5) is 4.39 Å². The molecule has 1 aromatic heterocycles. The number of aromatic amines is 1. The van der Waals surface area contributed by atoms with Crippen molar-refractivity contribution in [2.24, 2.45) is 0 Å². The summed E-state index contributed by atoms with van der Waals surface area (Å²) in [4.78, 5) is 12.2. The molecule has 3 aromatic rings. The van der Waals surface area contributed by atoms with E-state index in [1.807, 2.05) is 30.3 Å². The largest absolute Gasteiger partial charge is 0.465 e. The third kappa shape index (κ3) is 3.13. The highest BCUT2D eigenvalue weighted by Crippen LogP contribution is 2.26. The summed E-state index contributed by atoms with van der Waals surface area (Å²) < 4.78 is 18.0. The lowest BCUT2D eigenvalue weighted by Gasteiger charge is -2.05. The number of ether oxygens (including phenoxy) is 1. The summed E-state index contributed by atoms with van der Waals surface area (Å²) in [6.45, 7) is 0. The van der Waals surface area contributed by atoms with Crippen molar-refractivity contribution in [3.8, 4) is 11.3 Å². The summed E-state index contributed by atoms with van der Waals surface area (Å²) in [6, 6.07) is 15.6. The Morgan fingerprint density at radius 2 is 1.83 bits per heavy atom. The van der Waals surface area contributed by atoms with Gasteiger partial charge in [0.05, 0.1) is 12.8 Å². The van der Waals surface area contributed by atoms with E-state index in [1.54, 1.807) is 12.1 Å². The Bertz CT molecular complexity index is 811. The van der Waals surface area contributed by atoms with Crippen molar-refractivity contribution in [2.45, 2.75) is 6.42 Å². The zero-order chi connectivity index (χ0) is 16.2. The van der Waals surface area contributed by atoms with Crippen LogP contribution in [0, 0.1) is 5.82 Å². The van der Waals surface area contributed by atoms with Gasteiger partial charge in [-0.25, -0.2) is 9.18 Å². The number of hydrogen-bond donors (Lipinski definition) is 1. The Morgan fingerprint density at radius 1 is 1.13 bits per heavy atom. The van der Waals surface area contributed by atoms with Crippen LogP contribution >= 0.6 is 0 Å². The molecule has 0 fully saturated rings. The maximum Gasteiger partial charge on any atom is 0.342 e. The molecule has 5 heteroatoms. The van der Waals surface area contributed by atoms with Crippen LogP contribution in [0.1, 0.15) is 21.6 Å². The van der Waals surface area contributed by atoms with Gasteiger partial charge in [-0.15, -0.1) is 0 Å². The number of esters is 1. The molecule has 0 saturated carbocycles. The molecule has 0 aliphatic rings. The van der Waals surface area contributed by atoms with E-state index < -0.39 is 5.97 Å². The third-order valence-electron chi connectivity index (χ3n) is 3.57. The number of hydrogen-bond acceptors (Lipinski definition) is 3. The SMILES string of the molecule is COC(=O)c1c(-c2ccc(F)cc2)n[nH]c1Cc1ccccc1. The monoisotopic (exact) mass is 310 g/mol. The summed E-state index contributed by atoms with van der Waals surface area (Å²) in [5.41, 5.74) is 3.21. The molecule has 3 rings (SSSR count). The number of rotatable bonds is 4. The van der Waals surface area contributed by atoms with E-state index in [-0.39, 0.29) is 5.82 Å². The first kappa shape index (κ1) is 15.0. The predicted molar refractivity (Wildman–Crippen MR) is 84.6 cm³/mol. The number of H-pyrrole nitrogens is 1. The van der Waals surface area contributed by atoms with Crippen molar-refractivity contribution in [3.05, 3.63) is 77.2 Å². The Balaban J connectivity index is 2.04. The number of halogens is 1. The first-order chi connectivity index (χ1) is 11.2. The van der Waals surface area contributed by atoms with Gasteiger partial charge in [0.15, 0.2) is 0 Å². The molecule has 116 valence electrons. The van der Waals surface area contributed by atoms with Crippen molar-refractivity contribution in [2.75, 3.05) is 7.11 Å². The van der Waals surface area contributed by atoms with Gasteiger partial charge in [0.25, 0.3) is 0 Å². The van der Waals surface area contributed by atoms with Crippen molar-refractivity contribution in [1.29, 1.82) is 0 Å². The molecule has 0 amide bonds. The van der Waals surface area contributed by atoms with Gasteiger partial charge in [-0.3, -0.25) is 5.10 Å². The van der Waals surface area contributed by atoms with Gasteiger partial charge in [0.2, 0.25) is 0 Å². The second kappa shape index (κ2) is 6.44. The minimum atomic E-state index is -0.469. The summed E-state index contributed by atoms with van der Waals surface area (Å²) in [5.74, 6) is -0.808. The topological polar surface area (TPSA) is 55.0 Å². The molecule has 0 aliphatic heterocycles. The van der Waals surface area contributed by atoms with Gasteiger partial charge in [0, 0.05) is 12.0 Å². The predicted octanol–water partition coefficient (Wildman–Crippen LogP) is 3.59. The number of carbonyl (C=O) groups excluding carboxylic acids is 1. The van der Waals surface area contributed by atoms with Gasteiger partial charge in [-0.2, -0.15) is 5.10 Å². The first-order valence-corrected chi connectivity index (χ1v) is 7.14. The van der Waals surface area contributed by atoms with E-state index >= 15 is 0 Å². The lowest BCUT2D eigenvalue weighted by atomic mass is 10.0. The number of carbonyl (C=O) groups is 1. The average molecular weight is 310 g/mol. The fourth-order valence-corrected chi connectivity index (χ4v) is 2.44. The third-order valence-corrected chi connectivity index (χ3v) is 3.57. The Hall–Kier alpha value is -2.95. The second-order valence-corrected chi connectivity index (χ2v) is 5.09. The number of methoxy groups -OCH3 is 1. The van der Waals surface area contributed by atoms with Crippen LogP contribution in [0.15, 0.2) is 54.6 Å². The minimum Gasteiger partial charge on any atom is -0.465 e. The highest BCUT2D eigenvalue weighted by molar-refractivity contribution is 5.97. The minimum absolute atomic E-state index is 0.339. The molecule has 0 aliphatic carbocycles. The number of benzene rings is 2. The fraction of sp³-hybridized carbons (Fsp3) is 0.111. The maximum absolute atomic E-state index is 13.1. The van der Waals surface area contributed by atoms with Crippen LogP contribution in [0.5, 0.6) is 0 Å². The highest BCUT2D eigenvalue weighted by Gasteiger charge is 2.22. The molecule has 1 N–H and O–H groups in total. The van der Waals surface area contributed by atoms with Crippen LogP contribution in [-0.2, 0) is 11.2 Å². The first-order valence-electron chi connectivity index (χ1n) is 7.14. The van der Waals surface area contributed by atoms with Gasteiger partial charge in [-0.1, -0.05) is 30.3 Å². The molecule has 0 bridgehead atoms. The summed E-state index contributed by atoms with van der Waals surface area (Å²) in [5, 5.41) is 7.14.